The van der Waals surface area contributed by atoms with Gasteiger partial charge < -0.3 is 10.0 Å². The van der Waals surface area contributed by atoms with Crippen LogP contribution in [0.1, 0.15) is 54.2 Å². The maximum Gasteiger partial charge on any atom is 0.254 e. The lowest BCUT2D eigenvalue weighted by Crippen LogP contribution is -2.64. The third-order valence-corrected chi connectivity index (χ3v) is 7.71. The summed E-state index contributed by atoms with van der Waals surface area (Å²) >= 11 is 0. The van der Waals surface area contributed by atoms with Crippen LogP contribution >= 0.6 is 0 Å². The van der Waals surface area contributed by atoms with Crippen LogP contribution in [-0.2, 0) is 18.3 Å². The molecule has 0 radical (unpaired) electrons. The minimum absolute atomic E-state index is 0.0630. The molecule has 3 aliphatic rings. The Kier molecular flexibility index (Phi) is 3.55. The van der Waals surface area contributed by atoms with Crippen LogP contribution in [0.2, 0.25) is 0 Å². The van der Waals surface area contributed by atoms with Gasteiger partial charge in [0.15, 0.2) is 0 Å². The summed E-state index contributed by atoms with van der Waals surface area (Å²) in [6, 6.07) is 11.8. The van der Waals surface area contributed by atoms with E-state index in [0.717, 1.165) is 42.6 Å². The van der Waals surface area contributed by atoms with Gasteiger partial charge >= 0.3 is 0 Å². The Balaban J connectivity index is 1.54. The van der Waals surface area contributed by atoms with Crippen LogP contribution in [0.3, 0.4) is 0 Å². The average Bonchev–Trinajstić information content (AvgIpc) is 3.13. The van der Waals surface area contributed by atoms with Gasteiger partial charge in [-0.25, -0.2) is 0 Å². The van der Waals surface area contributed by atoms with Crippen LogP contribution < -0.4 is 0 Å². The molecule has 2 unspecified atom stereocenters. The van der Waals surface area contributed by atoms with Crippen molar-refractivity contribution in [1.82, 2.24) is 4.90 Å². The summed E-state index contributed by atoms with van der Waals surface area (Å²) in [4.78, 5) is 20.0. The summed E-state index contributed by atoms with van der Waals surface area (Å²) in [5.41, 5.74) is 5.24. The SMILES string of the molecule is CC12CCN(C(=O)c3ccc4c(c3)CC=N4)C(Cc3ccc(O)cc31)C2(C)C. The van der Waals surface area contributed by atoms with Crippen LogP contribution in [0, 0.1) is 5.41 Å². The molecule has 2 aromatic rings. The Morgan fingerprint density at radius 3 is 2.79 bits per heavy atom. The standard InChI is InChI=1S/C24H26N2O2/c1-23(2)21-13-15-4-6-18(27)14-19(15)24(23,3)9-11-26(21)22(28)17-5-7-20-16(12-17)8-10-25-20/h4-7,10,12,14,21,27H,8-9,11,13H2,1-3H3. The van der Waals surface area contributed by atoms with Crippen molar-refractivity contribution in [2.45, 2.75) is 51.5 Å². The number of amides is 1. The van der Waals surface area contributed by atoms with Gasteiger partial charge in [0.2, 0.25) is 0 Å². The Morgan fingerprint density at radius 1 is 1.14 bits per heavy atom. The third kappa shape index (κ3) is 2.24. The lowest BCUT2D eigenvalue weighted by Gasteiger charge is -2.60. The molecule has 0 aromatic heterocycles. The molecule has 4 heteroatoms. The highest BCUT2D eigenvalue weighted by atomic mass is 16.3. The molecule has 1 fully saturated rings. The molecule has 2 bridgehead atoms. The fourth-order valence-corrected chi connectivity index (χ4v) is 5.55. The first-order valence-corrected chi connectivity index (χ1v) is 10.1. The Bertz CT molecular complexity index is 1020. The molecule has 2 heterocycles. The molecule has 144 valence electrons. The van der Waals surface area contributed by atoms with Crippen molar-refractivity contribution in [2.24, 2.45) is 10.4 Å². The van der Waals surface area contributed by atoms with Crippen molar-refractivity contribution in [2.75, 3.05) is 6.54 Å². The second-order valence-corrected chi connectivity index (χ2v) is 9.22. The van der Waals surface area contributed by atoms with Crippen LogP contribution in [0.5, 0.6) is 5.75 Å². The number of benzene rings is 2. The van der Waals surface area contributed by atoms with Crippen molar-refractivity contribution >= 4 is 17.8 Å². The fourth-order valence-electron chi connectivity index (χ4n) is 5.55. The van der Waals surface area contributed by atoms with Crippen molar-refractivity contribution < 1.29 is 9.90 Å². The minimum atomic E-state index is -0.0818. The molecule has 1 N–H and O–H groups in total. The molecule has 5 rings (SSSR count). The van der Waals surface area contributed by atoms with E-state index in [4.69, 9.17) is 0 Å². The number of aliphatic imine (C=N–C) groups is 1. The number of phenols is 1. The monoisotopic (exact) mass is 374 g/mol. The lowest BCUT2D eigenvalue weighted by molar-refractivity contribution is -0.0263. The van der Waals surface area contributed by atoms with Gasteiger partial charge in [-0.15, -0.1) is 0 Å². The van der Waals surface area contributed by atoms with E-state index in [9.17, 15) is 9.90 Å². The van der Waals surface area contributed by atoms with Crippen molar-refractivity contribution in [3.8, 4) is 5.75 Å². The summed E-state index contributed by atoms with van der Waals surface area (Å²) in [5, 5.41) is 10.1. The van der Waals surface area contributed by atoms with E-state index in [1.807, 2.05) is 36.5 Å². The molecule has 1 saturated heterocycles. The normalized spacial score (nSPS) is 26.7. The zero-order valence-corrected chi connectivity index (χ0v) is 16.7. The number of likely N-dealkylation sites (tertiary alicyclic amines) is 1. The van der Waals surface area contributed by atoms with Gasteiger partial charge in [0.05, 0.1) is 5.69 Å². The second kappa shape index (κ2) is 5.69. The van der Waals surface area contributed by atoms with Crippen LogP contribution in [0.15, 0.2) is 41.4 Å². The molecule has 1 aliphatic carbocycles. The van der Waals surface area contributed by atoms with Crippen molar-refractivity contribution in [3.05, 3.63) is 58.7 Å². The highest BCUT2D eigenvalue weighted by Gasteiger charge is 2.56. The van der Waals surface area contributed by atoms with Gasteiger partial charge in [0, 0.05) is 36.2 Å². The summed E-state index contributed by atoms with van der Waals surface area (Å²) in [7, 11) is 0. The summed E-state index contributed by atoms with van der Waals surface area (Å²) in [6.07, 6.45) is 4.44. The predicted octanol–water partition coefficient (Wildman–Crippen LogP) is 4.41. The molecule has 2 aliphatic heterocycles. The van der Waals surface area contributed by atoms with E-state index in [0.29, 0.717) is 5.75 Å². The number of phenolic OH excluding ortho intramolecular Hbond substituents is 1. The topological polar surface area (TPSA) is 52.9 Å². The summed E-state index contributed by atoms with van der Waals surface area (Å²) in [5.74, 6) is 0.449. The number of fused-ring (bicyclic) bond motifs is 5. The number of aromatic hydroxyl groups is 1. The van der Waals surface area contributed by atoms with E-state index < -0.39 is 0 Å². The van der Waals surface area contributed by atoms with E-state index in [2.05, 4.69) is 30.7 Å². The molecule has 0 spiro atoms. The van der Waals surface area contributed by atoms with Crippen molar-refractivity contribution in [1.29, 1.82) is 0 Å². The number of rotatable bonds is 1. The van der Waals surface area contributed by atoms with Crippen LogP contribution in [-0.4, -0.2) is 34.7 Å². The molecule has 2 atom stereocenters. The van der Waals surface area contributed by atoms with E-state index in [1.54, 1.807) is 6.07 Å². The largest absolute Gasteiger partial charge is 0.508 e. The third-order valence-electron chi connectivity index (χ3n) is 7.71. The lowest BCUT2D eigenvalue weighted by atomic mass is 9.51. The van der Waals surface area contributed by atoms with Gasteiger partial charge in [-0.2, -0.15) is 0 Å². The number of hydrogen-bond donors (Lipinski definition) is 1. The quantitative estimate of drug-likeness (QED) is 0.804. The van der Waals surface area contributed by atoms with Crippen LogP contribution in [0.25, 0.3) is 0 Å². The highest BCUT2D eigenvalue weighted by Crippen LogP contribution is 2.56. The number of hydrogen-bond acceptors (Lipinski definition) is 3. The van der Waals surface area contributed by atoms with Gasteiger partial charge in [-0.05, 0) is 65.3 Å². The molecule has 28 heavy (non-hydrogen) atoms. The molecule has 1 amide bonds. The van der Waals surface area contributed by atoms with Gasteiger partial charge in [-0.1, -0.05) is 26.8 Å². The minimum Gasteiger partial charge on any atom is -0.508 e. The number of carbonyl (C=O) groups excluding carboxylic acids is 1. The maximum absolute atomic E-state index is 13.5. The van der Waals surface area contributed by atoms with Gasteiger partial charge in [0.25, 0.3) is 5.91 Å². The van der Waals surface area contributed by atoms with Gasteiger partial charge in [0.1, 0.15) is 5.75 Å². The number of nitrogens with zero attached hydrogens (tertiary/aromatic N) is 2. The molecular formula is C24H26N2O2. The van der Waals surface area contributed by atoms with E-state index in [1.165, 1.54) is 11.1 Å². The molecule has 2 aromatic carbocycles. The first-order valence-electron chi connectivity index (χ1n) is 10.1. The molecular weight excluding hydrogens is 348 g/mol. The fraction of sp³-hybridized carbons (Fsp3) is 0.417. The first-order chi connectivity index (χ1) is 13.3. The van der Waals surface area contributed by atoms with E-state index >= 15 is 0 Å². The van der Waals surface area contributed by atoms with Crippen LogP contribution in [0.4, 0.5) is 5.69 Å². The second-order valence-electron chi connectivity index (χ2n) is 9.22. The van der Waals surface area contributed by atoms with Gasteiger partial charge in [-0.3, -0.25) is 9.79 Å². The Hall–Kier alpha value is -2.62. The summed E-state index contributed by atoms with van der Waals surface area (Å²) < 4.78 is 0. The average molecular weight is 374 g/mol. The molecule has 4 nitrogen and oxygen atoms in total. The van der Waals surface area contributed by atoms with E-state index in [-0.39, 0.29) is 22.8 Å². The zero-order chi connectivity index (χ0) is 19.7. The highest BCUT2D eigenvalue weighted by molar-refractivity contribution is 5.96. The summed E-state index contributed by atoms with van der Waals surface area (Å²) in [6.45, 7) is 7.60. The Morgan fingerprint density at radius 2 is 1.96 bits per heavy atom. The first kappa shape index (κ1) is 17.5. The number of carbonyl (C=O) groups is 1. The smallest absolute Gasteiger partial charge is 0.254 e. The maximum atomic E-state index is 13.5. The number of piperidine rings is 1. The van der Waals surface area contributed by atoms with Crippen molar-refractivity contribution in [3.63, 3.8) is 0 Å². The zero-order valence-electron chi connectivity index (χ0n) is 16.7. The Labute approximate surface area is 165 Å². The predicted molar refractivity (Wildman–Crippen MR) is 111 cm³/mol. The molecule has 0 saturated carbocycles.